The second-order valence-electron chi connectivity index (χ2n) is 7.42. The molecule has 7 heteroatoms. The third-order valence-electron chi connectivity index (χ3n) is 5.98. The molecule has 1 saturated carbocycles. The number of rotatable bonds is 4. The molecular weight excluding hydrogens is 362 g/mol. The predicted molar refractivity (Wildman–Crippen MR) is 102 cm³/mol. The predicted octanol–water partition coefficient (Wildman–Crippen LogP) is 2.44. The molecule has 0 bridgehead atoms. The van der Waals surface area contributed by atoms with Gasteiger partial charge in [0.05, 0.1) is 10.5 Å². The number of likely N-dealkylation sites (tertiary alicyclic amines) is 1. The molecule has 1 N–H and O–H groups in total. The molecule has 2 heterocycles. The fourth-order valence-electron chi connectivity index (χ4n) is 4.16. The smallest absolute Gasteiger partial charge is 0.255 e. The number of carbonyl (C=O) groups excluding carboxylic acids is 1. The van der Waals surface area contributed by atoms with Gasteiger partial charge in [-0.2, -0.15) is 0 Å². The Bertz CT molecular complexity index is 908. The minimum Gasteiger partial charge on any atom is -0.339 e. The average molecular weight is 385 g/mol. The summed E-state index contributed by atoms with van der Waals surface area (Å²) in [4.78, 5) is 18.8. The third-order valence-corrected chi connectivity index (χ3v) is 7.46. The molecule has 27 heavy (non-hydrogen) atoms. The Morgan fingerprint density at radius 2 is 1.81 bits per heavy atom. The maximum absolute atomic E-state index is 12.6. The lowest BCUT2D eigenvalue weighted by Gasteiger charge is -2.53. The summed E-state index contributed by atoms with van der Waals surface area (Å²) in [5.74, 6) is -0.00121. The second kappa shape index (κ2) is 7.05. The Balaban J connectivity index is 1.41. The van der Waals surface area contributed by atoms with Crippen LogP contribution in [0.4, 0.5) is 0 Å². The standard InChI is InChI=1S/C20H23N3O3S/c24-19(16-5-4-12-21-15-16)23-13-10-20(11-14-23)9-8-18(20)22-27(25,26)17-6-2-1-3-7-17/h1-7,12,15,18,22H,8-11,13-14H2. The van der Waals surface area contributed by atoms with Crippen molar-refractivity contribution in [1.82, 2.24) is 14.6 Å². The summed E-state index contributed by atoms with van der Waals surface area (Å²) in [5, 5.41) is 0. The minimum absolute atomic E-state index is 0.00121. The number of nitrogens with one attached hydrogen (secondary N) is 1. The van der Waals surface area contributed by atoms with Gasteiger partial charge in [-0.3, -0.25) is 9.78 Å². The van der Waals surface area contributed by atoms with E-state index in [0.29, 0.717) is 23.5 Å². The Kier molecular flexibility index (Phi) is 4.74. The Morgan fingerprint density at radius 3 is 2.41 bits per heavy atom. The van der Waals surface area contributed by atoms with Gasteiger partial charge in [0.15, 0.2) is 0 Å². The molecule has 2 fully saturated rings. The summed E-state index contributed by atoms with van der Waals surface area (Å²) in [6.45, 7) is 1.30. The Hall–Kier alpha value is -2.25. The van der Waals surface area contributed by atoms with E-state index in [1.54, 1.807) is 54.9 Å². The highest BCUT2D eigenvalue weighted by molar-refractivity contribution is 7.89. The van der Waals surface area contributed by atoms with Gasteiger partial charge in [-0.25, -0.2) is 13.1 Å². The van der Waals surface area contributed by atoms with E-state index in [0.717, 1.165) is 25.7 Å². The second-order valence-corrected chi connectivity index (χ2v) is 9.14. The van der Waals surface area contributed by atoms with Gasteiger partial charge in [0, 0.05) is 31.5 Å². The van der Waals surface area contributed by atoms with Crippen molar-refractivity contribution in [3.05, 3.63) is 60.4 Å². The van der Waals surface area contributed by atoms with Crippen molar-refractivity contribution in [3.8, 4) is 0 Å². The fraction of sp³-hybridized carbons (Fsp3) is 0.400. The van der Waals surface area contributed by atoms with Crippen LogP contribution in [0.1, 0.15) is 36.0 Å². The van der Waals surface area contributed by atoms with Crippen LogP contribution in [0.2, 0.25) is 0 Å². The summed E-state index contributed by atoms with van der Waals surface area (Å²) < 4.78 is 28.2. The van der Waals surface area contributed by atoms with Crippen molar-refractivity contribution < 1.29 is 13.2 Å². The highest BCUT2D eigenvalue weighted by Gasteiger charge is 2.50. The molecule has 1 amide bonds. The minimum atomic E-state index is -3.51. The molecule has 142 valence electrons. The van der Waals surface area contributed by atoms with Gasteiger partial charge < -0.3 is 4.90 Å². The number of sulfonamides is 1. The zero-order valence-corrected chi connectivity index (χ0v) is 15.9. The number of benzene rings is 1. The molecule has 4 rings (SSSR count). The van der Waals surface area contributed by atoms with Crippen LogP contribution in [0.3, 0.4) is 0 Å². The molecule has 2 aromatic rings. The SMILES string of the molecule is O=C(c1cccnc1)N1CCC2(CCC2NS(=O)(=O)c2ccccc2)CC1. The first-order valence-electron chi connectivity index (χ1n) is 9.27. The fourth-order valence-corrected chi connectivity index (χ4v) is 5.56. The maximum atomic E-state index is 12.6. The van der Waals surface area contributed by atoms with Gasteiger partial charge in [-0.15, -0.1) is 0 Å². The monoisotopic (exact) mass is 385 g/mol. The van der Waals surface area contributed by atoms with Crippen LogP contribution in [0.5, 0.6) is 0 Å². The maximum Gasteiger partial charge on any atom is 0.255 e. The highest BCUT2D eigenvalue weighted by Crippen LogP contribution is 2.49. The molecule has 1 aromatic heterocycles. The van der Waals surface area contributed by atoms with Crippen LogP contribution in [-0.4, -0.2) is 43.3 Å². The van der Waals surface area contributed by atoms with Gasteiger partial charge in [0.1, 0.15) is 0 Å². The van der Waals surface area contributed by atoms with Gasteiger partial charge >= 0.3 is 0 Å². The van der Waals surface area contributed by atoms with E-state index >= 15 is 0 Å². The highest BCUT2D eigenvalue weighted by atomic mass is 32.2. The van der Waals surface area contributed by atoms with E-state index in [4.69, 9.17) is 0 Å². The third kappa shape index (κ3) is 3.49. The lowest BCUT2D eigenvalue weighted by Crippen LogP contribution is -2.59. The lowest BCUT2D eigenvalue weighted by molar-refractivity contribution is 0.00508. The quantitative estimate of drug-likeness (QED) is 0.877. The molecular formula is C20H23N3O3S. The average Bonchev–Trinajstić information content (AvgIpc) is 2.72. The van der Waals surface area contributed by atoms with E-state index in [-0.39, 0.29) is 17.4 Å². The van der Waals surface area contributed by atoms with Crippen LogP contribution < -0.4 is 4.72 Å². The van der Waals surface area contributed by atoms with Gasteiger partial charge in [-0.05, 0) is 55.4 Å². The molecule has 1 unspecified atom stereocenters. The lowest BCUT2D eigenvalue weighted by atomic mass is 9.59. The van der Waals surface area contributed by atoms with Crippen molar-refractivity contribution >= 4 is 15.9 Å². The summed E-state index contributed by atoms with van der Waals surface area (Å²) in [5.41, 5.74) is 0.566. The number of carbonyl (C=O) groups is 1. The van der Waals surface area contributed by atoms with Crippen LogP contribution >= 0.6 is 0 Å². The first kappa shape index (κ1) is 18.1. The number of hydrogen-bond donors (Lipinski definition) is 1. The van der Waals surface area contributed by atoms with E-state index in [1.807, 2.05) is 4.90 Å². The number of piperidine rings is 1. The number of amides is 1. The van der Waals surface area contributed by atoms with E-state index < -0.39 is 10.0 Å². The first-order valence-corrected chi connectivity index (χ1v) is 10.8. The van der Waals surface area contributed by atoms with Crippen molar-refractivity contribution in [2.24, 2.45) is 5.41 Å². The Morgan fingerprint density at radius 1 is 1.07 bits per heavy atom. The van der Waals surface area contributed by atoms with Crippen LogP contribution in [0.25, 0.3) is 0 Å². The number of pyridine rings is 1. The number of nitrogens with zero attached hydrogens (tertiary/aromatic N) is 2. The number of aromatic nitrogens is 1. The van der Waals surface area contributed by atoms with Gasteiger partial charge in [-0.1, -0.05) is 18.2 Å². The molecule has 1 saturated heterocycles. The zero-order chi connectivity index (χ0) is 18.9. The van der Waals surface area contributed by atoms with Gasteiger partial charge in [0.25, 0.3) is 5.91 Å². The molecule has 1 aliphatic heterocycles. The summed E-state index contributed by atoms with van der Waals surface area (Å²) in [6.07, 6.45) is 6.74. The Labute approximate surface area is 159 Å². The molecule has 6 nitrogen and oxygen atoms in total. The van der Waals surface area contributed by atoms with Crippen molar-refractivity contribution in [3.63, 3.8) is 0 Å². The van der Waals surface area contributed by atoms with Crippen molar-refractivity contribution in [2.45, 2.75) is 36.6 Å². The molecule has 1 atom stereocenters. The number of hydrogen-bond acceptors (Lipinski definition) is 4. The molecule has 1 aromatic carbocycles. The summed E-state index contributed by atoms with van der Waals surface area (Å²) in [7, 11) is -3.51. The first-order chi connectivity index (χ1) is 13.0. The molecule has 0 radical (unpaired) electrons. The van der Waals surface area contributed by atoms with Crippen molar-refractivity contribution in [1.29, 1.82) is 0 Å². The van der Waals surface area contributed by atoms with Crippen molar-refractivity contribution in [2.75, 3.05) is 13.1 Å². The van der Waals surface area contributed by atoms with Crippen LogP contribution in [0.15, 0.2) is 59.8 Å². The normalized spacial score (nSPS) is 21.6. The van der Waals surface area contributed by atoms with Crippen LogP contribution in [-0.2, 0) is 10.0 Å². The van der Waals surface area contributed by atoms with E-state index in [2.05, 4.69) is 9.71 Å². The van der Waals surface area contributed by atoms with Crippen LogP contribution in [0, 0.1) is 5.41 Å². The molecule has 2 aliphatic rings. The van der Waals surface area contributed by atoms with Gasteiger partial charge in [0.2, 0.25) is 10.0 Å². The van der Waals surface area contributed by atoms with E-state index in [1.165, 1.54) is 0 Å². The topological polar surface area (TPSA) is 79.4 Å². The molecule has 1 aliphatic carbocycles. The molecule has 1 spiro atoms. The largest absolute Gasteiger partial charge is 0.339 e. The van der Waals surface area contributed by atoms with E-state index in [9.17, 15) is 13.2 Å². The summed E-state index contributed by atoms with van der Waals surface area (Å²) in [6, 6.07) is 12.0. The summed E-state index contributed by atoms with van der Waals surface area (Å²) >= 11 is 0. The zero-order valence-electron chi connectivity index (χ0n) is 15.0.